The molecule has 0 radical (unpaired) electrons. The first-order valence-electron chi connectivity index (χ1n) is 6.94. The Hall–Kier alpha value is -1.98. The Morgan fingerprint density at radius 1 is 1.05 bits per heavy atom. The molecule has 0 aromatic carbocycles. The fraction of sp³-hybridized carbons (Fsp3) is 0.250. The van der Waals surface area contributed by atoms with Crippen LogP contribution in [0.3, 0.4) is 0 Å². The second kappa shape index (κ2) is 6.65. The van der Waals surface area contributed by atoms with Crippen LogP contribution in [0.2, 0.25) is 0 Å². The molecule has 0 saturated carbocycles. The Balaban J connectivity index is 1.73. The van der Waals surface area contributed by atoms with Crippen molar-refractivity contribution in [2.45, 2.75) is 26.6 Å². The van der Waals surface area contributed by atoms with E-state index in [1.54, 1.807) is 6.20 Å². The number of nitrogens with one attached hydrogen (secondary N) is 1. The molecule has 0 spiro atoms. The van der Waals surface area contributed by atoms with E-state index < -0.39 is 0 Å². The van der Waals surface area contributed by atoms with Crippen LogP contribution in [-0.2, 0) is 19.6 Å². The number of hydrogen-bond acceptors (Lipinski definition) is 4. The summed E-state index contributed by atoms with van der Waals surface area (Å²) in [5.41, 5.74) is 1.27. The molecule has 0 aliphatic heterocycles. The smallest absolute Gasteiger partial charge is 0.120 e. The van der Waals surface area contributed by atoms with E-state index in [2.05, 4.69) is 51.0 Å². The second-order valence-electron chi connectivity index (χ2n) is 5.05. The van der Waals surface area contributed by atoms with Gasteiger partial charge < -0.3 is 4.98 Å². The predicted molar refractivity (Wildman–Crippen MR) is 84.8 cm³/mol. The highest BCUT2D eigenvalue weighted by molar-refractivity contribution is 7.11. The first-order chi connectivity index (χ1) is 10.3. The Labute approximate surface area is 128 Å². The van der Waals surface area contributed by atoms with E-state index >= 15 is 0 Å². The number of imidazole rings is 1. The van der Waals surface area contributed by atoms with Gasteiger partial charge in [-0.25, -0.2) is 4.98 Å². The summed E-state index contributed by atoms with van der Waals surface area (Å²) in [5, 5.41) is 0. The molecule has 21 heavy (non-hydrogen) atoms. The maximum Gasteiger partial charge on any atom is 0.120 e. The molecule has 5 heteroatoms. The third kappa shape index (κ3) is 4.00. The highest BCUT2D eigenvalue weighted by atomic mass is 32.1. The van der Waals surface area contributed by atoms with Crippen molar-refractivity contribution in [1.82, 2.24) is 19.9 Å². The summed E-state index contributed by atoms with van der Waals surface area (Å²) >= 11 is 1.85. The van der Waals surface area contributed by atoms with Crippen LogP contribution in [0.4, 0.5) is 0 Å². The van der Waals surface area contributed by atoms with Crippen molar-refractivity contribution in [3.05, 3.63) is 70.2 Å². The van der Waals surface area contributed by atoms with Crippen molar-refractivity contribution in [1.29, 1.82) is 0 Å². The minimum atomic E-state index is 0.812. The van der Waals surface area contributed by atoms with E-state index in [0.717, 1.165) is 25.5 Å². The third-order valence-corrected chi connectivity index (χ3v) is 4.24. The molecule has 0 aliphatic carbocycles. The summed E-state index contributed by atoms with van der Waals surface area (Å²) in [6.45, 7) is 4.78. The average Bonchev–Trinajstić information content (AvgIpc) is 3.12. The number of nitrogens with zero attached hydrogens (tertiary/aromatic N) is 3. The van der Waals surface area contributed by atoms with E-state index in [0.29, 0.717) is 0 Å². The predicted octanol–water partition coefficient (Wildman–Crippen LogP) is 3.38. The summed E-state index contributed by atoms with van der Waals surface area (Å²) in [6.07, 6.45) is 7.36. The fourth-order valence-electron chi connectivity index (χ4n) is 2.30. The lowest BCUT2D eigenvalue weighted by Gasteiger charge is -2.20. The van der Waals surface area contributed by atoms with Gasteiger partial charge in [-0.2, -0.15) is 0 Å². The molecule has 0 unspecified atom stereocenters. The van der Waals surface area contributed by atoms with Gasteiger partial charge in [-0.05, 0) is 36.8 Å². The maximum atomic E-state index is 4.34. The molecular weight excluding hydrogens is 280 g/mol. The van der Waals surface area contributed by atoms with Gasteiger partial charge in [0, 0.05) is 47.6 Å². The number of thiophene rings is 1. The van der Waals surface area contributed by atoms with E-state index in [4.69, 9.17) is 0 Å². The van der Waals surface area contributed by atoms with Crippen molar-refractivity contribution < 1.29 is 0 Å². The Morgan fingerprint density at radius 3 is 2.57 bits per heavy atom. The summed E-state index contributed by atoms with van der Waals surface area (Å²) in [4.78, 5) is 16.7. The van der Waals surface area contributed by atoms with Crippen LogP contribution < -0.4 is 0 Å². The van der Waals surface area contributed by atoms with Crippen LogP contribution in [0.5, 0.6) is 0 Å². The molecule has 3 aromatic rings. The average molecular weight is 298 g/mol. The first-order valence-corrected chi connectivity index (χ1v) is 7.76. The molecule has 1 N–H and O–H groups in total. The van der Waals surface area contributed by atoms with E-state index in [1.807, 2.05) is 29.9 Å². The van der Waals surface area contributed by atoms with Gasteiger partial charge in [0.15, 0.2) is 0 Å². The Morgan fingerprint density at radius 2 is 1.90 bits per heavy atom. The molecule has 3 aromatic heterocycles. The molecule has 0 fully saturated rings. The molecule has 0 aliphatic rings. The number of hydrogen-bond donors (Lipinski definition) is 1. The molecular formula is C16H18N4S. The maximum absolute atomic E-state index is 4.34. The molecule has 0 atom stereocenters. The van der Waals surface area contributed by atoms with Gasteiger partial charge in [0.25, 0.3) is 0 Å². The van der Waals surface area contributed by atoms with E-state index in [-0.39, 0.29) is 0 Å². The van der Waals surface area contributed by atoms with Crippen LogP contribution >= 0.6 is 11.3 Å². The minimum absolute atomic E-state index is 0.812. The lowest BCUT2D eigenvalue weighted by Crippen LogP contribution is -2.22. The zero-order valence-corrected chi connectivity index (χ0v) is 12.8. The number of rotatable bonds is 6. The largest absolute Gasteiger partial charge is 0.348 e. The van der Waals surface area contributed by atoms with Crippen molar-refractivity contribution in [3.8, 4) is 0 Å². The molecule has 4 nitrogen and oxygen atoms in total. The second-order valence-corrected chi connectivity index (χ2v) is 6.42. The topological polar surface area (TPSA) is 44.8 Å². The van der Waals surface area contributed by atoms with Gasteiger partial charge in [0.05, 0.1) is 6.54 Å². The minimum Gasteiger partial charge on any atom is -0.348 e. The highest BCUT2D eigenvalue weighted by Crippen LogP contribution is 2.19. The molecule has 3 rings (SSSR count). The van der Waals surface area contributed by atoms with Gasteiger partial charge in [0.1, 0.15) is 5.82 Å². The number of aromatic nitrogens is 3. The first kappa shape index (κ1) is 14.0. The number of aromatic amines is 1. The summed E-state index contributed by atoms with van der Waals surface area (Å²) in [5.74, 6) is 0.998. The van der Waals surface area contributed by atoms with Crippen LogP contribution in [-0.4, -0.2) is 19.9 Å². The lowest BCUT2D eigenvalue weighted by atomic mass is 10.2. The van der Waals surface area contributed by atoms with Gasteiger partial charge in [-0.3, -0.25) is 9.88 Å². The zero-order valence-electron chi connectivity index (χ0n) is 12.0. The molecule has 0 saturated heterocycles. The van der Waals surface area contributed by atoms with Crippen LogP contribution in [0.1, 0.15) is 21.1 Å². The lowest BCUT2D eigenvalue weighted by molar-refractivity contribution is 0.244. The molecule has 0 bridgehead atoms. The SMILES string of the molecule is Cc1ccc(CN(Cc2ccncc2)Cc2ncc[nH]2)s1. The normalized spacial score (nSPS) is 11.1. The molecule has 3 heterocycles. The van der Waals surface area contributed by atoms with Gasteiger partial charge >= 0.3 is 0 Å². The van der Waals surface area contributed by atoms with Gasteiger partial charge in [-0.1, -0.05) is 0 Å². The van der Waals surface area contributed by atoms with Gasteiger partial charge in [0.2, 0.25) is 0 Å². The van der Waals surface area contributed by atoms with Crippen molar-refractivity contribution in [2.24, 2.45) is 0 Å². The highest BCUT2D eigenvalue weighted by Gasteiger charge is 2.10. The number of pyridine rings is 1. The summed E-state index contributed by atoms with van der Waals surface area (Å²) in [7, 11) is 0. The molecule has 108 valence electrons. The summed E-state index contributed by atoms with van der Waals surface area (Å²) in [6, 6.07) is 8.52. The van der Waals surface area contributed by atoms with Crippen molar-refractivity contribution >= 4 is 11.3 Å². The number of H-pyrrole nitrogens is 1. The Bertz CT molecular complexity index is 661. The third-order valence-electron chi connectivity index (χ3n) is 3.26. The standard InChI is InChI=1S/C16H18N4S/c1-13-2-3-15(21-13)11-20(12-16-18-8-9-19-16)10-14-4-6-17-7-5-14/h2-9H,10-12H2,1H3,(H,18,19). The summed E-state index contributed by atoms with van der Waals surface area (Å²) < 4.78 is 0. The van der Waals surface area contributed by atoms with Crippen LogP contribution in [0.25, 0.3) is 0 Å². The van der Waals surface area contributed by atoms with Crippen LogP contribution in [0.15, 0.2) is 49.1 Å². The number of aryl methyl sites for hydroxylation is 1. The van der Waals surface area contributed by atoms with Crippen LogP contribution in [0, 0.1) is 6.92 Å². The van der Waals surface area contributed by atoms with Gasteiger partial charge in [-0.15, -0.1) is 11.3 Å². The van der Waals surface area contributed by atoms with E-state index in [9.17, 15) is 0 Å². The van der Waals surface area contributed by atoms with Crippen molar-refractivity contribution in [3.63, 3.8) is 0 Å². The van der Waals surface area contributed by atoms with E-state index in [1.165, 1.54) is 15.3 Å². The zero-order chi connectivity index (χ0) is 14.5. The van der Waals surface area contributed by atoms with Crippen molar-refractivity contribution in [2.75, 3.05) is 0 Å². The fourth-order valence-corrected chi connectivity index (χ4v) is 3.23. The quantitative estimate of drug-likeness (QED) is 0.759. The monoisotopic (exact) mass is 298 g/mol. The molecule has 0 amide bonds. The Kier molecular flexibility index (Phi) is 4.43.